The van der Waals surface area contributed by atoms with Crippen molar-refractivity contribution < 1.29 is 9.53 Å². The van der Waals surface area contributed by atoms with Gasteiger partial charge in [-0.15, -0.1) is 10.2 Å². The van der Waals surface area contributed by atoms with E-state index in [1.165, 1.54) is 0 Å². The van der Waals surface area contributed by atoms with E-state index in [1.54, 1.807) is 28.3 Å². The average molecular weight is 355 g/mol. The van der Waals surface area contributed by atoms with Crippen molar-refractivity contribution in [3.8, 4) is 11.7 Å². The second kappa shape index (κ2) is 7.02. The van der Waals surface area contributed by atoms with Gasteiger partial charge in [-0.3, -0.25) is 4.79 Å². The fourth-order valence-electron chi connectivity index (χ4n) is 2.82. The van der Waals surface area contributed by atoms with Gasteiger partial charge in [-0.05, 0) is 23.6 Å². The second-order valence-electron chi connectivity index (χ2n) is 5.80. The predicted molar refractivity (Wildman–Crippen MR) is 93.0 cm³/mol. The number of thiophene rings is 1. The largest absolute Gasteiger partial charge is 0.473 e. The molecule has 0 atom stereocenters. The smallest absolute Gasteiger partial charge is 0.254 e. The predicted octanol–water partition coefficient (Wildman–Crippen LogP) is 2.41. The fraction of sp³-hybridized carbons (Fsp3) is 0.294. The van der Waals surface area contributed by atoms with Crippen molar-refractivity contribution in [1.82, 2.24) is 24.9 Å². The second-order valence-corrected chi connectivity index (χ2v) is 6.58. The molecule has 3 aromatic heterocycles. The molecule has 3 aromatic rings. The molecule has 128 valence electrons. The van der Waals surface area contributed by atoms with E-state index in [0.717, 1.165) is 18.4 Å². The molecular weight excluding hydrogens is 338 g/mol. The molecule has 1 amide bonds. The lowest BCUT2D eigenvalue weighted by Gasteiger charge is -2.31. The van der Waals surface area contributed by atoms with Crippen LogP contribution in [0.3, 0.4) is 0 Å². The summed E-state index contributed by atoms with van der Waals surface area (Å²) in [6, 6.07) is 7.32. The van der Waals surface area contributed by atoms with E-state index in [-0.39, 0.29) is 12.0 Å². The number of likely N-dealkylation sites (tertiary alicyclic amines) is 1. The Balaban J connectivity index is 1.32. The van der Waals surface area contributed by atoms with Crippen molar-refractivity contribution in [3.63, 3.8) is 0 Å². The summed E-state index contributed by atoms with van der Waals surface area (Å²) < 4.78 is 7.55. The highest BCUT2D eigenvalue weighted by atomic mass is 32.1. The maximum atomic E-state index is 12.3. The molecule has 0 radical (unpaired) electrons. The molecule has 4 rings (SSSR count). The van der Waals surface area contributed by atoms with Gasteiger partial charge < -0.3 is 9.64 Å². The number of amides is 1. The summed E-state index contributed by atoms with van der Waals surface area (Å²) in [5.74, 6) is 1.25. The lowest BCUT2D eigenvalue weighted by Crippen LogP contribution is -2.41. The van der Waals surface area contributed by atoms with Crippen LogP contribution >= 0.6 is 11.3 Å². The monoisotopic (exact) mass is 355 g/mol. The standard InChI is InChI=1S/C17H17N5O2S/c23-17(13-6-11-25-12-13)21-9-4-14(5-10-21)24-16-3-2-15(19-20-16)22-8-1-7-18-22/h1-3,6-8,11-12,14H,4-5,9-10H2. The van der Waals surface area contributed by atoms with Crippen LogP contribution in [-0.2, 0) is 0 Å². The number of carbonyl (C=O) groups excluding carboxylic acids is 1. The molecule has 0 spiro atoms. The van der Waals surface area contributed by atoms with E-state index in [1.807, 2.05) is 40.1 Å². The number of carbonyl (C=O) groups is 1. The molecule has 1 saturated heterocycles. The van der Waals surface area contributed by atoms with Crippen LogP contribution in [0.2, 0.25) is 0 Å². The SMILES string of the molecule is O=C(c1ccsc1)N1CCC(Oc2ccc(-n3cccn3)nn2)CC1. The van der Waals surface area contributed by atoms with Crippen LogP contribution in [0.5, 0.6) is 5.88 Å². The third kappa shape index (κ3) is 3.53. The Bertz CT molecular complexity index is 809. The zero-order valence-corrected chi connectivity index (χ0v) is 14.3. The van der Waals surface area contributed by atoms with E-state index in [0.29, 0.717) is 24.8 Å². The third-order valence-corrected chi connectivity index (χ3v) is 4.83. The Morgan fingerprint density at radius 2 is 2.08 bits per heavy atom. The number of rotatable bonds is 4. The normalized spacial score (nSPS) is 15.3. The van der Waals surface area contributed by atoms with Crippen LogP contribution in [0.15, 0.2) is 47.4 Å². The molecule has 1 aliphatic rings. The van der Waals surface area contributed by atoms with Crippen molar-refractivity contribution in [2.75, 3.05) is 13.1 Å². The summed E-state index contributed by atoms with van der Waals surface area (Å²) in [6.45, 7) is 1.39. The molecule has 0 aliphatic carbocycles. The molecule has 0 unspecified atom stereocenters. The van der Waals surface area contributed by atoms with Crippen LogP contribution in [0.4, 0.5) is 0 Å². The van der Waals surface area contributed by atoms with Crippen LogP contribution in [-0.4, -0.2) is 50.0 Å². The lowest BCUT2D eigenvalue weighted by atomic mass is 10.1. The van der Waals surface area contributed by atoms with Gasteiger partial charge in [0.05, 0.1) is 5.56 Å². The Labute approximate surface area is 148 Å². The molecule has 8 heteroatoms. The van der Waals surface area contributed by atoms with Gasteiger partial charge in [0.25, 0.3) is 5.91 Å². The molecule has 1 aliphatic heterocycles. The van der Waals surface area contributed by atoms with Crippen molar-refractivity contribution in [3.05, 3.63) is 53.0 Å². The number of ether oxygens (including phenoxy) is 1. The summed E-state index contributed by atoms with van der Waals surface area (Å²) in [5.41, 5.74) is 0.768. The zero-order valence-electron chi connectivity index (χ0n) is 13.5. The van der Waals surface area contributed by atoms with E-state index in [9.17, 15) is 4.79 Å². The highest BCUT2D eigenvalue weighted by Crippen LogP contribution is 2.19. The number of aromatic nitrogens is 4. The zero-order chi connectivity index (χ0) is 17.1. The van der Waals surface area contributed by atoms with Crippen LogP contribution < -0.4 is 4.74 Å². The lowest BCUT2D eigenvalue weighted by molar-refractivity contribution is 0.0586. The van der Waals surface area contributed by atoms with Gasteiger partial charge in [0.2, 0.25) is 5.88 Å². The van der Waals surface area contributed by atoms with Gasteiger partial charge in [0.1, 0.15) is 6.10 Å². The van der Waals surface area contributed by atoms with Crippen molar-refractivity contribution in [2.24, 2.45) is 0 Å². The maximum absolute atomic E-state index is 12.3. The Morgan fingerprint density at radius 1 is 1.20 bits per heavy atom. The molecule has 7 nitrogen and oxygen atoms in total. The summed E-state index contributed by atoms with van der Waals surface area (Å²) in [5, 5.41) is 16.2. The highest BCUT2D eigenvalue weighted by molar-refractivity contribution is 7.08. The molecule has 0 saturated carbocycles. The minimum absolute atomic E-state index is 0.0522. The summed E-state index contributed by atoms with van der Waals surface area (Å²) >= 11 is 1.54. The van der Waals surface area contributed by atoms with Crippen LogP contribution in [0.25, 0.3) is 5.82 Å². The van der Waals surface area contributed by atoms with E-state index in [4.69, 9.17) is 4.74 Å². The topological polar surface area (TPSA) is 73.1 Å². The molecular formula is C17H17N5O2S. The molecule has 0 N–H and O–H groups in total. The van der Waals surface area contributed by atoms with Gasteiger partial charge in [0.15, 0.2) is 5.82 Å². The van der Waals surface area contributed by atoms with E-state index in [2.05, 4.69) is 15.3 Å². The first-order chi connectivity index (χ1) is 12.3. The quantitative estimate of drug-likeness (QED) is 0.718. The number of hydrogen-bond donors (Lipinski definition) is 0. The third-order valence-electron chi connectivity index (χ3n) is 4.15. The van der Waals surface area contributed by atoms with Crippen molar-refractivity contribution in [1.29, 1.82) is 0 Å². The number of piperidine rings is 1. The van der Waals surface area contributed by atoms with Gasteiger partial charge in [-0.2, -0.15) is 16.4 Å². The fourth-order valence-corrected chi connectivity index (χ4v) is 3.45. The van der Waals surface area contributed by atoms with E-state index < -0.39 is 0 Å². The number of hydrogen-bond acceptors (Lipinski definition) is 6. The van der Waals surface area contributed by atoms with Gasteiger partial charge >= 0.3 is 0 Å². The van der Waals surface area contributed by atoms with E-state index >= 15 is 0 Å². The number of nitrogens with zero attached hydrogens (tertiary/aromatic N) is 5. The average Bonchev–Trinajstić information content (AvgIpc) is 3.36. The first-order valence-corrected chi connectivity index (χ1v) is 9.06. The molecule has 4 heterocycles. The minimum Gasteiger partial charge on any atom is -0.473 e. The first-order valence-electron chi connectivity index (χ1n) is 8.11. The molecule has 0 aromatic carbocycles. The van der Waals surface area contributed by atoms with Gasteiger partial charge in [-0.1, -0.05) is 0 Å². The Morgan fingerprint density at radius 3 is 2.72 bits per heavy atom. The summed E-state index contributed by atoms with van der Waals surface area (Å²) in [4.78, 5) is 14.2. The molecule has 25 heavy (non-hydrogen) atoms. The first kappa shape index (κ1) is 15.8. The van der Waals surface area contributed by atoms with Gasteiger partial charge in [-0.25, -0.2) is 4.68 Å². The van der Waals surface area contributed by atoms with Crippen LogP contribution in [0, 0.1) is 0 Å². The minimum atomic E-state index is 0.0522. The Hall–Kier alpha value is -2.74. The van der Waals surface area contributed by atoms with Crippen LogP contribution in [0.1, 0.15) is 23.2 Å². The Kier molecular flexibility index (Phi) is 4.43. The van der Waals surface area contributed by atoms with Crippen molar-refractivity contribution >= 4 is 17.2 Å². The summed E-state index contributed by atoms with van der Waals surface area (Å²) in [7, 11) is 0. The van der Waals surface area contributed by atoms with Gasteiger partial charge in [0, 0.05) is 49.8 Å². The highest BCUT2D eigenvalue weighted by Gasteiger charge is 2.25. The molecule has 1 fully saturated rings. The maximum Gasteiger partial charge on any atom is 0.254 e. The molecule has 0 bridgehead atoms. The van der Waals surface area contributed by atoms with Crippen molar-refractivity contribution in [2.45, 2.75) is 18.9 Å². The summed E-state index contributed by atoms with van der Waals surface area (Å²) in [6.07, 6.45) is 5.13.